The van der Waals surface area contributed by atoms with Gasteiger partial charge in [0.15, 0.2) is 0 Å². The van der Waals surface area contributed by atoms with E-state index in [0.717, 1.165) is 25.3 Å². The quantitative estimate of drug-likeness (QED) is 0.646. The maximum atomic E-state index is 4.49. The van der Waals surface area contributed by atoms with Crippen molar-refractivity contribution in [1.82, 2.24) is 9.88 Å². The molecule has 0 aliphatic heterocycles. The molecule has 0 radical (unpaired) electrons. The van der Waals surface area contributed by atoms with E-state index in [0.29, 0.717) is 6.04 Å². The van der Waals surface area contributed by atoms with Crippen LogP contribution in [0.5, 0.6) is 0 Å². The Hall–Kier alpha value is -1.09. The number of nitrogens with one attached hydrogen (secondary N) is 1. The minimum atomic E-state index is 0.575. The highest BCUT2D eigenvalue weighted by Gasteiger charge is 2.12. The van der Waals surface area contributed by atoms with E-state index in [1.54, 1.807) is 0 Å². The number of nitrogens with zero attached hydrogens (tertiary/aromatic N) is 2. The highest BCUT2D eigenvalue weighted by molar-refractivity contribution is 5.43. The molecule has 1 aromatic heterocycles. The van der Waals surface area contributed by atoms with Gasteiger partial charge in [0, 0.05) is 30.9 Å². The van der Waals surface area contributed by atoms with E-state index in [-0.39, 0.29) is 0 Å². The first-order chi connectivity index (χ1) is 9.69. The molecule has 1 heterocycles. The second-order valence-corrected chi connectivity index (χ2v) is 5.71. The van der Waals surface area contributed by atoms with Gasteiger partial charge in [0.2, 0.25) is 0 Å². The Morgan fingerprint density at radius 2 is 2.00 bits per heavy atom. The summed E-state index contributed by atoms with van der Waals surface area (Å²) in [5, 5.41) is 3.44. The van der Waals surface area contributed by atoms with E-state index in [4.69, 9.17) is 0 Å². The summed E-state index contributed by atoms with van der Waals surface area (Å²) in [5.41, 5.74) is 1.31. The van der Waals surface area contributed by atoms with E-state index in [9.17, 15) is 0 Å². The lowest BCUT2D eigenvalue weighted by Crippen LogP contribution is -2.31. The summed E-state index contributed by atoms with van der Waals surface area (Å²) in [6, 6.07) is 4.81. The van der Waals surface area contributed by atoms with Crippen LogP contribution in [0.25, 0.3) is 0 Å². The molecule has 20 heavy (non-hydrogen) atoms. The van der Waals surface area contributed by atoms with Gasteiger partial charge in [0.1, 0.15) is 5.82 Å². The SMILES string of the molecule is CCCCCN(Cc1cccnc1NCCC)C(C)C. The molecule has 114 valence electrons. The van der Waals surface area contributed by atoms with Crippen molar-refractivity contribution in [2.75, 3.05) is 18.4 Å². The lowest BCUT2D eigenvalue weighted by atomic mass is 10.1. The van der Waals surface area contributed by atoms with E-state index < -0.39 is 0 Å². The molecule has 1 rings (SSSR count). The summed E-state index contributed by atoms with van der Waals surface area (Å²) >= 11 is 0. The van der Waals surface area contributed by atoms with Crippen molar-refractivity contribution in [3.05, 3.63) is 23.9 Å². The molecule has 0 aromatic carbocycles. The first kappa shape index (κ1) is 17.0. The monoisotopic (exact) mass is 277 g/mol. The average Bonchev–Trinajstić information content (AvgIpc) is 2.45. The summed E-state index contributed by atoms with van der Waals surface area (Å²) in [4.78, 5) is 7.03. The third-order valence-corrected chi connectivity index (χ3v) is 3.59. The predicted molar refractivity (Wildman–Crippen MR) is 88.1 cm³/mol. The molecule has 0 spiro atoms. The molecule has 3 nitrogen and oxygen atoms in total. The fraction of sp³-hybridized carbons (Fsp3) is 0.706. The zero-order chi connectivity index (χ0) is 14.8. The van der Waals surface area contributed by atoms with Crippen molar-refractivity contribution < 1.29 is 0 Å². The second kappa shape index (κ2) is 9.76. The lowest BCUT2D eigenvalue weighted by Gasteiger charge is -2.27. The molecular formula is C17H31N3. The van der Waals surface area contributed by atoms with Crippen LogP contribution in [-0.2, 0) is 6.54 Å². The Bertz CT molecular complexity index is 363. The van der Waals surface area contributed by atoms with Gasteiger partial charge in [0.25, 0.3) is 0 Å². The van der Waals surface area contributed by atoms with Crippen LogP contribution in [-0.4, -0.2) is 29.0 Å². The van der Waals surface area contributed by atoms with Crippen LogP contribution in [0.1, 0.15) is 58.9 Å². The Morgan fingerprint density at radius 3 is 2.65 bits per heavy atom. The number of hydrogen-bond acceptors (Lipinski definition) is 3. The van der Waals surface area contributed by atoms with Crippen molar-refractivity contribution >= 4 is 5.82 Å². The third-order valence-electron chi connectivity index (χ3n) is 3.59. The molecule has 0 aliphatic rings. The van der Waals surface area contributed by atoms with Crippen LogP contribution in [0.3, 0.4) is 0 Å². The van der Waals surface area contributed by atoms with Gasteiger partial charge in [0.05, 0.1) is 0 Å². The van der Waals surface area contributed by atoms with Gasteiger partial charge in [-0.05, 0) is 39.3 Å². The largest absolute Gasteiger partial charge is 0.370 e. The molecule has 0 aliphatic carbocycles. The van der Waals surface area contributed by atoms with E-state index in [1.807, 2.05) is 12.3 Å². The van der Waals surface area contributed by atoms with Crippen molar-refractivity contribution in [2.24, 2.45) is 0 Å². The maximum absolute atomic E-state index is 4.49. The Labute approximate surface area is 124 Å². The average molecular weight is 277 g/mol. The Kier molecular flexibility index (Phi) is 8.28. The van der Waals surface area contributed by atoms with Gasteiger partial charge >= 0.3 is 0 Å². The van der Waals surface area contributed by atoms with Crippen molar-refractivity contribution in [2.45, 2.75) is 66.0 Å². The van der Waals surface area contributed by atoms with Gasteiger partial charge in [-0.1, -0.05) is 32.8 Å². The summed E-state index contributed by atoms with van der Waals surface area (Å²) in [5.74, 6) is 1.05. The molecule has 0 amide bonds. The fourth-order valence-corrected chi connectivity index (χ4v) is 2.27. The molecule has 1 aromatic rings. The van der Waals surface area contributed by atoms with Gasteiger partial charge in [-0.15, -0.1) is 0 Å². The summed E-state index contributed by atoms with van der Waals surface area (Å²) in [7, 11) is 0. The normalized spacial score (nSPS) is 11.3. The van der Waals surface area contributed by atoms with Crippen LogP contribution < -0.4 is 5.32 Å². The number of rotatable bonds is 10. The van der Waals surface area contributed by atoms with Crippen LogP contribution in [0.2, 0.25) is 0 Å². The molecule has 1 N–H and O–H groups in total. The standard InChI is InChI=1S/C17H31N3/c1-5-7-8-13-20(15(3)4)14-16-10-9-12-19-17(16)18-11-6-2/h9-10,12,15H,5-8,11,13-14H2,1-4H3,(H,18,19). The Balaban J connectivity index is 2.67. The first-order valence-electron chi connectivity index (χ1n) is 8.10. The summed E-state index contributed by atoms with van der Waals surface area (Å²) in [6.45, 7) is 12.1. The minimum absolute atomic E-state index is 0.575. The van der Waals surface area contributed by atoms with Crippen LogP contribution in [0.4, 0.5) is 5.82 Å². The molecule has 0 bridgehead atoms. The van der Waals surface area contributed by atoms with Gasteiger partial charge in [-0.2, -0.15) is 0 Å². The highest BCUT2D eigenvalue weighted by Crippen LogP contribution is 2.16. The Morgan fingerprint density at radius 1 is 1.20 bits per heavy atom. The second-order valence-electron chi connectivity index (χ2n) is 5.71. The van der Waals surface area contributed by atoms with Crippen molar-refractivity contribution in [1.29, 1.82) is 0 Å². The first-order valence-corrected chi connectivity index (χ1v) is 8.10. The lowest BCUT2D eigenvalue weighted by molar-refractivity contribution is 0.208. The third kappa shape index (κ3) is 5.91. The highest BCUT2D eigenvalue weighted by atomic mass is 15.1. The van der Waals surface area contributed by atoms with E-state index in [1.165, 1.54) is 31.4 Å². The van der Waals surface area contributed by atoms with E-state index in [2.05, 4.69) is 49.0 Å². The molecule has 3 heteroatoms. The topological polar surface area (TPSA) is 28.2 Å². The van der Waals surface area contributed by atoms with Crippen LogP contribution >= 0.6 is 0 Å². The molecule has 0 saturated carbocycles. The molecular weight excluding hydrogens is 246 g/mol. The van der Waals surface area contributed by atoms with E-state index >= 15 is 0 Å². The number of pyridine rings is 1. The van der Waals surface area contributed by atoms with Gasteiger partial charge < -0.3 is 5.32 Å². The minimum Gasteiger partial charge on any atom is -0.370 e. The van der Waals surface area contributed by atoms with Crippen LogP contribution in [0.15, 0.2) is 18.3 Å². The number of unbranched alkanes of at least 4 members (excludes halogenated alkanes) is 2. The maximum Gasteiger partial charge on any atom is 0.130 e. The van der Waals surface area contributed by atoms with Crippen molar-refractivity contribution in [3.63, 3.8) is 0 Å². The number of anilines is 1. The predicted octanol–water partition coefficient (Wildman–Crippen LogP) is 4.30. The van der Waals surface area contributed by atoms with Crippen LogP contribution in [0, 0.1) is 0 Å². The smallest absolute Gasteiger partial charge is 0.130 e. The number of hydrogen-bond donors (Lipinski definition) is 1. The van der Waals surface area contributed by atoms with Crippen molar-refractivity contribution in [3.8, 4) is 0 Å². The molecule has 0 saturated heterocycles. The summed E-state index contributed by atoms with van der Waals surface area (Å²) < 4.78 is 0. The zero-order valence-electron chi connectivity index (χ0n) is 13.7. The number of aromatic nitrogens is 1. The zero-order valence-corrected chi connectivity index (χ0v) is 13.7. The summed E-state index contributed by atoms with van der Waals surface area (Å²) in [6.07, 6.45) is 6.88. The van der Waals surface area contributed by atoms with Gasteiger partial charge in [-0.25, -0.2) is 4.98 Å². The molecule has 0 atom stereocenters. The molecule has 0 fully saturated rings. The van der Waals surface area contributed by atoms with Gasteiger partial charge in [-0.3, -0.25) is 4.90 Å². The fourth-order valence-electron chi connectivity index (χ4n) is 2.27. The molecule has 0 unspecified atom stereocenters.